The maximum atomic E-state index is 12.9. The highest BCUT2D eigenvalue weighted by Crippen LogP contribution is 2.39. The lowest BCUT2D eigenvalue weighted by molar-refractivity contribution is 0.102. The van der Waals surface area contributed by atoms with Crippen molar-refractivity contribution in [2.45, 2.75) is 6.92 Å². The van der Waals surface area contributed by atoms with E-state index in [1.54, 1.807) is 43.5 Å². The standard InChI is InChI=1S/C21H17N5O3S/c1-12-23-25-21(30-12)26-24-18-16-6-4-3-5-13(16)11-17(19(18)27)20(28)22-14-7-9-15(29-2)10-8-14/h3-11,27H,1-2H3,(H,22,28). The van der Waals surface area contributed by atoms with Gasteiger partial charge in [0.25, 0.3) is 11.0 Å². The average Bonchev–Trinajstić information content (AvgIpc) is 3.18. The Morgan fingerprint density at radius 2 is 1.87 bits per heavy atom. The Balaban J connectivity index is 1.73. The van der Waals surface area contributed by atoms with Crippen molar-refractivity contribution < 1.29 is 14.6 Å². The number of benzene rings is 3. The van der Waals surface area contributed by atoms with Gasteiger partial charge in [0.1, 0.15) is 16.4 Å². The summed E-state index contributed by atoms with van der Waals surface area (Å²) in [6, 6.07) is 15.8. The van der Waals surface area contributed by atoms with Crippen molar-refractivity contribution in [1.29, 1.82) is 0 Å². The Bertz CT molecular complexity index is 1250. The molecule has 1 amide bonds. The van der Waals surface area contributed by atoms with Crippen LogP contribution in [0.5, 0.6) is 11.5 Å². The van der Waals surface area contributed by atoms with Gasteiger partial charge in [0, 0.05) is 11.1 Å². The van der Waals surface area contributed by atoms with Crippen LogP contribution in [0.1, 0.15) is 15.4 Å². The first kappa shape index (κ1) is 19.5. The van der Waals surface area contributed by atoms with E-state index >= 15 is 0 Å². The van der Waals surface area contributed by atoms with Crippen LogP contribution in [-0.4, -0.2) is 28.3 Å². The van der Waals surface area contributed by atoms with E-state index in [1.165, 1.54) is 11.3 Å². The topological polar surface area (TPSA) is 109 Å². The number of fused-ring (bicyclic) bond motifs is 1. The molecule has 0 saturated heterocycles. The molecule has 0 unspecified atom stereocenters. The van der Waals surface area contributed by atoms with E-state index in [9.17, 15) is 9.90 Å². The molecular weight excluding hydrogens is 402 g/mol. The Labute approximate surface area is 175 Å². The van der Waals surface area contributed by atoms with Crippen LogP contribution in [0.3, 0.4) is 0 Å². The highest BCUT2D eigenvalue weighted by molar-refractivity contribution is 7.14. The fourth-order valence-electron chi connectivity index (χ4n) is 2.88. The number of phenolic OH excluding ortho intramolecular Hbond substituents is 1. The molecule has 9 heteroatoms. The maximum Gasteiger partial charge on any atom is 0.259 e. The molecule has 1 heterocycles. The molecule has 1 aromatic heterocycles. The second-order valence-electron chi connectivity index (χ2n) is 6.33. The second kappa shape index (κ2) is 8.26. The van der Waals surface area contributed by atoms with Gasteiger partial charge in [-0.2, -0.15) is 0 Å². The number of carbonyl (C=O) groups excluding carboxylic acids is 1. The highest BCUT2D eigenvalue weighted by atomic mass is 32.1. The van der Waals surface area contributed by atoms with Crippen LogP contribution in [-0.2, 0) is 0 Å². The van der Waals surface area contributed by atoms with Gasteiger partial charge in [0.15, 0.2) is 5.75 Å². The third kappa shape index (κ3) is 3.96. The maximum absolute atomic E-state index is 12.9. The number of amides is 1. The van der Waals surface area contributed by atoms with E-state index in [1.807, 2.05) is 25.1 Å². The van der Waals surface area contributed by atoms with Gasteiger partial charge in [0.2, 0.25) is 0 Å². The minimum Gasteiger partial charge on any atom is -0.505 e. The van der Waals surface area contributed by atoms with Crippen LogP contribution in [0.25, 0.3) is 10.8 Å². The first-order chi connectivity index (χ1) is 14.5. The number of nitrogens with zero attached hydrogens (tertiary/aromatic N) is 4. The molecule has 3 aromatic carbocycles. The van der Waals surface area contributed by atoms with Gasteiger partial charge in [-0.3, -0.25) is 4.79 Å². The van der Waals surface area contributed by atoms with Gasteiger partial charge >= 0.3 is 0 Å². The van der Waals surface area contributed by atoms with Crippen molar-refractivity contribution in [1.82, 2.24) is 10.2 Å². The molecule has 0 aliphatic heterocycles. The van der Waals surface area contributed by atoms with Crippen molar-refractivity contribution in [2.24, 2.45) is 10.2 Å². The predicted octanol–water partition coefficient (Wildman–Crippen LogP) is 5.38. The Morgan fingerprint density at radius 3 is 2.57 bits per heavy atom. The lowest BCUT2D eigenvalue weighted by atomic mass is 10.0. The van der Waals surface area contributed by atoms with E-state index < -0.39 is 5.91 Å². The van der Waals surface area contributed by atoms with Crippen molar-refractivity contribution >= 4 is 44.5 Å². The molecule has 8 nitrogen and oxygen atoms in total. The number of phenols is 1. The molecule has 2 N–H and O–H groups in total. The molecule has 0 spiro atoms. The van der Waals surface area contributed by atoms with Crippen LogP contribution in [0.15, 0.2) is 64.8 Å². The number of anilines is 1. The summed E-state index contributed by atoms with van der Waals surface area (Å²) in [6.45, 7) is 1.81. The quantitative estimate of drug-likeness (QED) is 0.422. The zero-order valence-electron chi connectivity index (χ0n) is 16.2. The Hall–Kier alpha value is -3.85. The number of hydrogen-bond donors (Lipinski definition) is 2. The third-order valence-electron chi connectivity index (χ3n) is 4.34. The summed E-state index contributed by atoms with van der Waals surface area (Å²) in [6.07, 6.45) is 0. The lowest BCUT2D eigenvalue weighted by Gasteiger charge is -2.11. The lowest BCUT2D eigenvalue weighted by Crippen LogP contribution is -2.12. The number of rotatable bonds is 5. The fraction of sp³-hybridized carbons (Fsp3) is 0.0952. The predicted molar refractivity (Wildman–Crippen MR) is 115 cm³/mol. The van der Waals surface area contributed by atoms with E-state index in [-0.39, 0.29) is 17.0 Å². The molecule has 0 radical (unpaired) electrons. The van der Waals surface area contributed by atoms with Crippen LogP contribution in [0, 0.1) is 6.92 Å². The van der Waals surface area contributed by atoms with E-state index in [4.69, 9.17) is 4.74 Å². The molecule has 4 aromatic rings. The third-order valence-corrected chi connectivity index (χ3v) is 5.06. The van der Waals surface area contributed by atoms with Gasteiger partial charge in [-0.1, -0.05) is 35.6 Å². The van der Waals surface area contributed by atoms with Crippen LogP contribution in [0.2, 0.25) is 0 Å². The minimum atomic E-state index is -0.466. The van der Waals surface area contributed by atoms with Gasteiger partial charge in [0.05, 0.1) is 12.7 Å². The molecule has 0 fully saturated rings. The fourth-order valence-corrected chi connectivity index (χ4v) is 3.39. The summed E-state index contributed by atoms with van der Waals surface area (Å²) in [4.78, 5) is 12.9. The summed E-state index contributed by atoms with van der Waals surface area (Å²) in [7, 11) is 1.57. The normalized spacial score (nSPS) is 11.1. The van der Waals surface area contributed by atoms with E-state index in [0.29, 0.717) is 22.0 Å². The molecule has 0 atom stereocenters. The molecule has 30 heavy (non-hydrogen) atoms. The number of nitrogens with one attached hydrogen (secondary N) is 1. The number of aromatic hydroxyl groups is 1. The second-order valence-corrected chi connectivity index (χ2v) is 7.49. The highest BCUT2D eigenvalue weighted by Gasteiger charge is 2.18. The summed E-state index contributed by atoms with van der Waals surface area (Å²) in [5.74, 6) is -0.0486. The number of methoxy groups -OCH3 is 1. The van der Waals surface area contributed by atoms with Gasteiger partial charge in [-0.25, -0.2) is 0 Å². The first-order valence-electron chi connectivity index (χ1n) is 8.97. The molecule has 0 aliphatic rings. The summed E-state index contributed by atoms with van der Waals surface area (Å²) in [5.41, 5.74) is 0.855. The van der Waals surface area contributed by atoms with Crippen molar-refractivity contribution in [3.63, 3.8) is 0 Å². The van der Waals surface area contributed by atoms with Gasteiger partial charge in [-0.05, 0) is 42.6 Å². The van der Waals surface area contributed by atoms with Gasteiger partial charge < -0.3 is 15.2 Å². The molecule has 0 aliphatic carbocycles. The Kier molecular flexibility index (Phi) is 5.36. The number of ether oxygens (including phenoxy) is 1. The average molecular weight is 419 g/mol. The number of hydrogen-bond acceptors (Lipinski definition) is 8. The zero-order valence-corrected chi connectivity index (χ0v) is 17.0. The van der Waals surface area contributed by atoms with Crippen LogP contribution in [0.4, 0.5) is 16.5 Å². The van der Waals surface area contributed by atoms with Crippen molar-refractivity contribution in [2.75, 3.05) is 12.4 Å². The summed E-state index contributed by atoms with van der Waals surface area (Å²) < 4.78 is 5.12. The molecular formula is C21H17N5O3S. The smallest absolute Gasteiger partial charge is 0.259 e. The molecule has 0 saturated carbocycles. The van der Waals surface area contributed by atoms with E-state index in [2.05, 4.69) is 25.7 Å². The van der Waals surface area contributed by atoms with Crippen molar-refractivity contribution in [3.8, 4) is 11.5 Å². The molecule has 4 rings (SSSR count). The summed E-state index contributed by atoms with van der Waals surface area (Å²) >= 11 is 1.28. The van der Waals surface area contributed by atoms with Gasteiger partial charge in [-0.15, -0.1) is 20.4 Å². The van der Waals surface area contributed by atoms with E-state index in [0.717, 1.165) is 10.4 Å². The first-order valence-corrected chi connectivity index (χ1v) is 9.79. The number of aryl methyl sites for hydroxylation is 1. The Morgan fingerprint density at radius 1 is 1.10 bits per heavy atom. The number of aromatic nitrogens is 2. The monoisotopic (exact) mass is 419 g/mol. The number of azo groups is 1. The number of carbonyl (C=O) groups is 1. The minimum absolute atomic E-state index is 0.0897. The van der Waals surface area contributed by atoms with Crippen LogP contribution >= 0.6 is 11.3 Å². The van der Waals surface area contributed by atoms with Crippen LogP contribution < -0.4 is 10.1 Å². The summed E-state index contributed by atoms with van der Waals surface area (Å²) in [5, 5.41) is 32.2. The molecule has 150 valence electrons. The zero-order chi connectivity index (χ0) is 21.1. The largest absolute Gasteiger partial charge is 0.505 e. The molecule has 0 bridgehead atoms. The SMILES string of the molecule is COc1ccc(NC(=O)c2cc3ccccc3c(N=Nc3nnc(C)s3)c2O)cc1. The van der Waals surface area contributed by atoms with Crippen molar-refractivity contribution in [3.05, 3.63) is 65.2 Å².